The first-order valence-corrected chi connectivity index (χ1v) is 8.74. The first kappa shape index (κ1) is 15.7. The zero-order valence-corrected chi connectivity index (χ0v) is 14.4. The van der Waals surface area contributed by atoms with Crippen molar-refractivity contribution in [2.45, 2.75) is 13.0 Å². The van der Waals surface area contributed by atoms with Crippen LogP contribution in [0.2, 0.25) is 0 Å². The van der Waals surface area contributed by atoms with E-state index in [0.717, 1.165) is 16.1 Å². The van der Waals surface area contributed by atoms with Crippen molar-refractivity contribution >= 4 is 22.4 Å². The summed E-state index contributed by atoms with van der Waals surface area (Å²) in [4.78, 5) is 18.1. The van der Waals surface area contributed by atoms with Gasteiger partial charge in [-0.25, -0.2) is 4.98 Å². The van der Waals surface area contributed by atoms with Gasteiger partial charge in [0, 0.05) is 10.4 Å². The summed E-state index contributed by atoms with van der Waals surface area (Å²) in [5.41, 5.74) is 1.91. The van der Waals surface area contributed by atoms with Crippen molar-refractivity contribution in [3.8, 4) is 22.8 Å². The molecule has 126 valence electrons. The lowest BCUT2D eigenvalue weighted by Crippen LogP contribution is -2.40. The maximum absolute atomic E-state index is 12.5. The molecule has 0 bridgehead atoms. The number of aryl methyl sites for hydroxylation is 1. The van der Waals surface area contributed by atoms with Gasteiger partial charge in [-0.05, 0) is 19.1 Å². The highest BCUT2D eigenvalue weighted by atomic mass is 32.1. The van der Waals surface area contributed by atoms with Gasteiger partial charge in [0.2, 0.25) is 6.10 Å². The Morgan fingerprint density at radius 1 is 1.12 bits per heavy atom. The number of para-hydroxylation sites is 2. The van der Waals surface area contributed by atoms with E-state index in [1.807, 2.05) is 55.5 Å². The van der Waals surface area contributed by atoms with Crippen LogP contribution in [0.25, 0.3) is 11.3 Å². The molecule has 0 saturated carbocycles. The van der Waals surface area contributed by atoms with Gasteiger partial charge in [-0.15, -0.1) is 11.3 Å². The Balaban J connectivity index is 1.49. The zero-order valence-electron chi connectivity index (χ0n) is 13.6. The number of anilines is 1. The maximum atomic E-state index is 12.5. The second-order valence-electron chi connectivity index (χ2n) is 5.64. The van der Waals surface area contributed by atoms with E-state index in [-0.39, 0.29) is 12.5 Å². The molecule has 0 spiro atoms. The number of thiazole rings is 1. The lowest BCUT2D eigenvalue weighted by atomic mass is 10.1. The Hall–Kier alpha value is -2.86. The summed E-state index contributed by atoms with van der Waals surface area (Å²) in [5, 5.41) is 3.40. The Morgan fingerprint density at radius 2 is 1.84 bits per heavy atom. The number of ether oxygens (including phenoxy) is 2. The molecule has 0 saturated heterocycles. The number of carbonyl (C=O) groups is 1. The van der Waals surface area contributed by atoms with Crippen LogP contribution in [0.4, 0.5) is 5.13 Å². The molecule has 1 aliphatic heterocycles. The second kappa shape index (κ2) is 6.57. The smallest absolute Gasteiger partial charge is 0.270 e. The van der Waals surface area contributed by atoms with Crippen LogP contribution < -0.4 is 14.8 Å². The van der Waals surface area contributed by atoms with Crippen molar-refractivity contribution in [2.24, 2.45) is 0 Å². The summed E-state index contributed by atoms with van der Waals surface area (Å²) in [6.07, 6.45) is -0.695. The molecule has 1 aromatic heterocycles. The Labute approximate surface area is 149 Å². The van der Waals surface area contributed by atoms with Gasteiger partial charge in [-0.3, -0.25) is 10.1 Å². The fourth-order valence-electron chi connectivity index (χ4n) is 2.65. The molecule has 0 fully saturated rings. The summed E-state index contributed by atoms with van der Waals surface area (Å²) in [7, 11) is 0. The normalized spacial score (nSPS) is 15.6. The SMILES string of the molecule is Cc1sc(NC(=O)[C@@H]2COc3ccccc3O2)nc1-c1ccccc1. The fourth-order valence-corrected chi connectivity index (χ4v) is 3.49. The molecule has 0 unspecified atom stereocenters. The Morgan fingerprint density at radius 3 is 2.64 bits per heavy atom. The van der Waals surface area contributed by atoms with Crippen molar-refractivity contribution in [2.75, 3.05) is 11.9 Å². The van der Waals surface area contributed by atoms with Crippen molar-refractivity contribution in [1.82, 2.24) is 4.98 Å². The molecular weight excluding hydrogens is 336 g/mol. The van der Waals surface area contributed by atoms with Crippen LogP contribution in [0.1, 0.15) is 4.88 Å². The number of hydrogen-bond donors (Lipinski definition) is 1. The summed E-state index contributed by atoms with van der Waals surface area (Å²) in [5.74, 6) is 0.972. The van der Waals surface area contributed by atoms with Gasteiger partial charge in [0.1, 0.15) is 6.61 Å². The topological polar surface area (TPSA) is 60.5 Å². The predicted octanol–water partition coefficient (Wildman–Crippen LogP) is 3.90. The highest BCUT2D eigenvalue weighted by molar-refractivity contribution is 7.16. The van der Waals surface area contributed by atoms with Gasteiger partial charge in [0.25, 0.3) is 5.91 Å². The van der Waals surface area contributed by atoms with E-state index >= 15 is 0 Å². The third kappa shape index (κ3) is 3.21. The van der Waals surface area contributed by atoms with Crippen LogP contribution in [0.3, 0.4) is 0 Å². The number of nitrogens with zero attached hydrogens (tertiary/aromatic N) is 1. The molecule has 0 aliphatic carbocycles. The highest BCUT2D eigenvalue weighted by Crippen LogP contribution is 2.32. The number of carbonyl (C=O) groups excluding carboxylic acids is 1. The molecule has 1 amide bonds. The van der Waals surface area contributed by atoms with E-state index in [1.165, 1.54) is 11.3 Å². The number of hydrogen-bond acceptors (Lipinski definition) is 5. The fraction of sp³-hybridized carbons (Fsp3) is 0.158. The molecule has 2 heterocycles. The highest BCUT2D eigenvalue weighted by Gasteiger charge is 2.28. The van der Waals surface area contributed by atoms with Crippen LogP contribution in [-0.4, -0.2) is 23.6 Å². The van der Waals surface area contributed by atoms with Crippen molar-refractivity contribution in [1.29, 1.82) is 0 Å². The van der Waals surface area contributed by atoms with Crippen LogP contribution >= 0.6 is 11.3 Å². The second-order valence-corrected chi connectivity index (χ2v) is 6.85. The Bertz CT molecular complexity index is 908. The summed E-state index contributed by atoms with van der Waals surface area (Å²) in [6.45, 7) is 2.17. The van der Waals surface area contributed by atoms with Crippen LogP contribution in [0.5, 0.6) is 11.5 Å². The molecule has 4 rings (SSSR count). The van der Waals surface area contributed by atoms with Gasteiger partial charge in [-0.1, -0.05) is 42.5 Å². The molecule has 1 aliphatic rings. The standard InChI is InChI=1S/C19H16N2O3S/c1-12-17(13-7-3-2-4-8-13)20-19(25-12)21-18(22)16-11-23-14-9-5-6-10-15(14)24-16/h2-10,16H,11H2,1H3,(H,20,21,22)/t16-/m0/s1. The van der Waals surface area contributed by atoms with E-state index in [1.54, 1.807) is 6.07 Å². The average molecular weight is 352 g/mol. The number of fused-ring (bicyclic) bond motifs is 1. The third-order valence-corrected chi connectivity index (χ3v) is 4.76. The van der Waals surface area contributed by atoms with Crippen molar-refractivity contribution < 1.29 is 14.3 Å². The number of benzene rings is 2. The molecule has 0 radical (unpaired) electrons. The van der Waals surface area contributed by atoms with Crippen molar-refractivity contribution in [3.63, 3.8) is 0 Å². The summed E-state index contributed by atoms with van der Waals surface area (Å²) >= 11 is 1.45. The van der Waals surface area contributed by atoms with Crippen LogP contribution in [-0.2, 0) is 4.79 Å². The van der Waals surface area contributed by atoms with Crippen LogP contribution in [0, 0.1) is 6.92 Å². The quantitative estimate of drug-likeness (QED) is 0.777. The van der Waals surface area contributed by atoms with E-state index in [2.05, 4.69) is 10.3 Å². The number of amides is 1. The molecule has 1 N–H and O–H groups in total. The monoisotopic (exact) mass is 352 g/mol. The minimum absolute atomic E-state index is 0.179. The molecule has 25 heavy (non-hydrogen) atoms. The largest absolute Gasteiger partial charge is 0.485 e. The minimum atomic E-state index is -0.695. The minimum Gasteiger partial charge on any atom is -0.485 e. The lowest BCUT2D eigenvalue weighted by Gasteiger charge is -2.25. The molecule has 3 aromatic rings. The molecule has 6 heteroatoms. The maximum Gasteiger partial charge on any atom is 0.270 e. The van der Waals surface area contributed by atoms with Crippen molar-refractivity contribution in [3.05, 3.63) is 59.5 Å². The molecule has 1 atom stereocenters. The van der Waals surface area contributed by atoms with Gasteiger partial charge < -0.3 is 9.47 Å². The van der Waals surface area contributed by atoms with Gasteiger partial charge in [0.05, 0.1) is 5.69 Å². The van der Waals surface area contributed by atoms with Gasteiger partial charge in [0.15, 0.2) is 16.6 Å². The molecule has 5 nitrogen and oxygen atoms in total. The number of aromatic nitrogens is 1. The summed E-state index contributed by atoms with van der Waals surface area (Å²) in [6, 6.07) is 17.2. The van der Waals surface area contributed by atoms with E-state index in [9.17, 15) is 4.79 Å². The summed E-state index contributed by atoms with van der Waals surface area (Å²) < 4.78 is 11.3. The van der Waals surface area contributed by atoms with Gasteiger partial charge >= 0.3 is 0 Å². The van der Waals surface area contributed by atoms with Crippen LogP contribution in [0.15, 0.2) is 54.6 Å². The first-order valence-electron chi connectivity index (χ1n) is 7.93. The van der Waals surface area contributed by atoms with Gasteiger partial charge in [-0.2, -0.15) is 0 Å². The average Bonchev–Trinajstić information content (AvgIpc) is 3.02. The zero-order chi connectivity index (χ0) is 17.2. The molecule has 2 aromatic carbocycles. The number of nitrogens with one attached hydrogen (secondary N) is 1. The molecular formula is C19H16N2O3S. The van der Waals surface area contributed by atoms with E-state index in [4.69, 9.17) is 9.47 Å². The Kier molecular flexibility index (Phi) is 4.11. The third-order valence-electron chi connectivity index (χ3n) is 3.87. The lowest BCUT2D eigenvalue weighted by molar-refractivity contribution is -0.125. The number of rotatable bonds is 3. The predicted molar refractivity (Wildman–Crippen MR) is 97.3 cm³/mol. The van der Waals surface area contributed by atoms with E-state index in [0.29, 0.717) is 16.6 Å². The first-order chi connectivity index (χ1) is 12.2. The van der Waals surface area contributed by atoms with E-state index < -0.39 is 6.10 Å².